The molecule has 0 saturated carbocycles. The molecule has 0 saturated heterocycles. The second kappa shape index (κ2) is 6.51. The van der Waals surface area contributed by atoms with Crippen LogP contribution in [-0.2, 0) is 11.2 Å². The maximum absolute atomic E-state index is 12.1. The van der Waals surface area contributed by atoms with Gasteiger partial charge in [0.25, 0.3) is 0 Å². The van der Waals surface area contributed by atoms with Crippen molar-refractivity contribution >= 4 is 17.7 Å². The SMILES string of the molecule is O=C(NCC#Cc1ccccc1)C1Cc2ccccc2S1. The average molecular weight is 293 g/mol. The molecule has 0 spiro atoms. The van der Waals surface area contributed by atoms with Crippen LogP contribution < -0.4 is 5.32 Å². The van der Waals surface area contributed by atoms with Gasteiger partial charge in [0.15, 0.2) is 0 Å². The third kappa shape index (κ3) is 3.48. The minimum absolute atomic E-state index is 0.0269. The number of rotatable bonds is 2. The quantitative estimate of drug-likeness (QED) is 0.863. The Bertz CT molecular complexity index is 675. The van der Waals surface area contributed by atoms with E-state index in [0.717, 1.165) is 12.0 Å². The van der Waals surface area contributed by atoms with Gasteiger partial charge in [-0.25, -0.2) is 0 Å². The zero-order valence-corrected chi connectivity index (χ0v) is 12.3. The number of carbonyl (C=O) groups excluding carboxylic acids is 1. The summed E-state index contributed by atoms with van der Waals surface area (Å²) in [6, 6.07) is 18.0. The summed E-state index contributed by atoms with van der Waals surface area (Å²) in [5, 5.41) is 2.87. The van der Waals surface area contributed by atoms with Crippen molar-refractivity contribution in [1.29, 1.82) is 0 Å². The van der Waals surface area contributed by atoms with Crippen LogP contribution in [0.2, 0.25) is 0 Å². The first-order chi connectivity index (χ1) is 10.3. The third-order valence-corrected chi connectivity index (χ3v) is 4.61. The first-order valence-corrected chi connectivity index (χ1v) is 7.77. The van der Waals surface area contributed by atoms with Gasteiger partial charge in [0.2, 0.25) is 5.91 Å². The van der Waals surface area contributed by atoms with Crippen molar-refractivity contribution < 1.29 is 4.79 Å². The van der Waals surface area contributed by atoms with Crippen LogP contribution in [0.5, 0.6) is 0 Å². The van der Waals surface area contributed by atoms with E-state index in [-0.39, 0.29) is 11.2 Å². The number of amides is 1. The predicted octanol–water partition coefficient (Wildman–Crippen LogP) is 2.87. The molecule has 0 aromatic heterocycles. The lowest BCUT2D eigenvalue weighted by molar-refractivity contribution is -0.120. The van der Waals surface area contributed by atoms with Crippen molar-refractivity contribution in [3.63, 3.8) is 0 Å². The van der Waals surface area contributed by atoms with Crippen molar-refractivity contribution in [2.24, 2.45) is 0 Å². The van der Waals surface area contributed by atoms with Crippen molar-refractivity contribution in [2.45, 2.75) is 16.6 Å². The van der Waals surface area contributed by atoms with Gasteiger partial charge in [-0.15, -0.1) is 11.8 Å². The highest BCUT2D eigenvalue weighted by atomic mass is 32.2. The van der Waals surface area contributed by atoms with Gasteiger partial charge in [0.1, 0.15) is 0 Å². The minimum atomic E-state index is -0.0269. The highest BCUT2D eigenvalue weighted by Crippen LogP contribution is 2.36. The molecule has 2 nitrogen and oxygen atoms in total. The fourth-order valence-electron chi connectivity index (χ4n) is 2.24. The Morgan fingerprint density at radius 2 is 1.90 bits per heavy atom. The van der Waals surface area contributed by atoms with E-state index in [2.05, 4.69) is 29.3 Å². The van der Waals surface area contributed by atoms with E-state index in [1.807, 2.05) is 42.5 Å². The Balaban J connectivity index is 1.51. The van der Waals surface area contributed by atoms with Gasteiger partial charge in [0, 0.05) is 10.5 Å². The zero-order chi connectivity index (χ0) is 14.5. The average Bonchev–Trinajstić information content (AvgIpc) is 2.96. The maximum atomic E-state index is 12.1. The molecule has 1 unspecified atom stereocenters. The van der Waals surface area contributed by atoms with Gasteiger partial charge in [-0.3, -0.25) is 4.79 Å². The number of fused-ring (bicyclic) bond motifs is 1. The summed E-state index contributed by atoms with van der Waals surface area (Å²) < 4.78 is 0. The molecule has 1 N–H and O–H groups in total. The van der Waals surface area contributed by atoms with Crippen LogP contribution in [0.3, 0.4) is 0 Å². The number of hydrogen-bond donors (Lipinski definition) is 1. The zero-order valence-electron chi connectivity index (χ0n) is 11.5. The number of thioether (sulfide) groups is 1. The Labute approximate surface area is 129 Å². The summed E-state index contributed by atoms with van der Waals surface area (Å²) in [6.45, 7) is 0.390. The van der Waals surface area contributed by atoms with Gasteiger partial charge in [-0.05, 0) is 30.2 Å². The molecule has 1 aliphatic heterocycles. The molecule has 2 aromatic rings. The fourth-order valence-corrected chi connectivity index (χ4v) is 3.46. The summed E-state index contributed by atoms with van der Waals surface area (Å²) in [5.41, 5.74) is 2.23. The van der Waals surface area contributed by atoms with Crippen molar-refractivity contribution in [3.8, 4) is 11.8 Å². The van der Waals surface area contributed by atoms with E-state index in [4.69, 9.17) is 0 Å². The normalized spacial score (nSPS) is 15.7. The standard InChI is InChI=1S/C18H15NOS/c20-18(17-13-15-10-4-5-11-16(15)21-17)19-12-6-9-14-7-2-1-3-8-14/h1-5,7-8,10-11,17H,12-13H2,(H,19,20). The summed E-state index contributed by atoms with van der Waals surface area (Å²) in [4.78, 5) is 13.3. The number of benzene rings is 2. The molecular formula is C18H15NOS. The van der Waals surface area contributed by atoms with Crippen LogP contribution >= 0.6 is 11.8 Å². The molecule has 2 aromatic carbocycles. The van der Waals surface area contributed by atoms with Gasteiger partial charge in [-0.2, -0.15) is 0 Å². The third-order valence-electron chi connectivity index (χ3n) is 3.30. The topological polar surface area (TPSA) is 29.1 Å². The number of carbonyl (C=O) groups is 1. The van der Waals surface area contributed by atoms with E-state index in [9.17, 15) is 4.79 Å². The molecule has 0 aliphatic carbocycles. The second-order valence-corrected chi connectivity index (χ2v) is 6.05. The Morgan fingerprint density at radius 1 is 1.14 bits per heavy atom. The van der Waals surface area contributed by atoms with Crippen LogP contribution in [0, 0.1) is 11.8 Å². The summed E-state index contributed by atoms with van der Waals surface area (Å²) in [6.07, 6.45) is 0.804. The van der Waals surface area contributed by atoms with Crippen molar-refractivity contribution in [3.05, 3.63) is 65.7 Å². The summed E-state index contributed by atoms with van der Waals surface area (Å²) >= 11 is 1.64. The van der Waals surface area contributed by atoms with Gasteiger partial charge in [-0.1, -0.05) is 48.2 Å². The van der Waals surface area contributed by atoms with Crippen LogP contribution in [-0.4, -0.2) is 17.7 Å². The molecule has 3 heteroatoms. The molecule has 21 heavy (non-hydrogen) atoms. The lowest BCUT2D eigenvalue weighted by atomic mass is 10.1. The van der Waals surface area contributed by atoms with Crippen LogP contribution in [0.25, 0.3) is 0 Å². The predicted molar refractivity (Wildman–Crippen MR) is 86.1 cm³/mol. The van der Waals surface area contributed by atoms with Crippen LogP contribution in [0.1, 0.15) is 11.1 Å². The lowest BCUT2D eigenvalue weighted by Crippen LogP contribution is -2.32. The fraction of sp³-hybridized carbons (Fsp3) is 0.167. The molecular weight excluding hydrogens is 278 g/mol. The molecule has 3 rings (SSSR count). The smallest absolute Gasteiger partial charge is 0.234 e. The Morgan fingerprint density at radius 3 is 2.71 bits per heavy atom. The highest BCUT2D eigenvalue weighted by Gasteiger charge is 2.27. The largest absolute Gasteiger partial charge is 0.344 e. The molecule has 1 amide bonds. The van der Waals surface area contributed by atoms with E-state index >= 15 is 0 Å². The summed E-state index contributed by atoms with van der Waals surface area (Å²) in [5.74, 6) is 6.09. The van der Waals surface area contributed by atoms with E-state index < -0.39 is 0 Å². The van der Waals surface area contributed by atoms with Gasteiger partial charge >= 0.3 is 0 Å². The summed E-state index contributed by atoms with van der Waals surface area (Å²) in [7, 11) is 0. The second-order valence-electron chi connectivity index (χ2n) is 4.80. The Hall–Kier alpha value is -2.18. The number of hydrogen-bond acceptors (Lipinski definition) is 2. The molecule has 0 bridgehead atoms. The molecule has 0 fully saturated rings. The van der Waals surface area contributed by atoms with Gasteiger partial charge in [0.05, 0.1) is 11.8 Å². The van der Waals surface area contributed by atoms with Crippen LogP contribution in [0.15, 0.2) is 59.5 Å². The monoisotopic (exact) mass is 293 g/mol. The first-order valence-electron chi connectivity index (χ1n) is 6.89. The minimum Gasteiger partial charge on any atom is -0.344 e. The van der Waals surface area contributed by atoms with Crippen molar-refractivity contribution in [2.75, 3.05) is 6.54 Å². The number of nitrogens with one attached hydrogen (secondary N) is 1. The molecule has 0 radical (unpaired) electrons. The van der Waals surface area contributed by atoms with Gasteiger partial charge < -0.3 is 5.32 Å². The molecule has 1 aliphatic rings. The van der Waals surface area contributed by atoms with E-state index in [0.29, 0.717) is 6.54 Å². The molecule has 104 valence electrons. The van der Waals surface area contributed by atoms with Crippen molar-refractivity contribution in [1.82, 2.24) is 5.32 Å². The van der Waals surface area contributed by atoms with Crippen LogP contribution in [0.4, 0.5) is 0 Å². The Kier molecular flexibility index (Phi) is 4.28. The first kappa shape index (κ1) is 13.8. The van der Waals surface area contributed by atoms with E-state index in [1.165, 1.54) is 10.5 Å². The molecule has 1 atom stereocenters. The maximum Gasteiger partial charge on any atom is 0.234 e. The molecule has 1 heterocycles. The lowest BCUT2D eigenvalue weighted by Gasteiger charge is -2.07. The van der Waals surface area contributed by atoms with E-state index in [1.54, 1.807) is 11.8 Å². The highest BCUT2D eigenvalue weighted by molar-refractivity contribution is 8.01.